The van der Waals surface area contributed by atoms with E-state index in [4.69, 9.17) is 14.2 Å². The van der Waals surface area contributed by atoms with Crippen LogP contribution in [0.1, 0.15) is 22.3 Å². The van der Waals surface area contributed by atoms with Gasteiger partial charge in [-0.3, -0.25) is 10.1 Å². The highest BCUT2D eigenvalue weighted by molar-refractivity contribution is 5.50. The normalized spacial score (nSPS) is 13.1. The number of nitrogens with zero attached hydrogens (tertiary/aromatic N) is 1. The van der Waals surface area contributed by atoms with Crippen LogP contribution >= 0.6 is 0 Å². The first-order valence-corrected chi connectivity index (χ1v) is 7.25. The molecular formula is C17H17NO5. The number of non-ortho nitro benzene ring substituents is 1. The first-order valence-electron chi connectivity index (χ1n) is 7.25. The van der Waals surface area contributed by atoms with Gasteiger partial charge in [0.25, 0.3) is 5.69 Å². The zero-order valence-corrected chi connectivity index (χ0v) is 13.0. The van der Waals surface area contributed by atoms with E-state index in [1.54, 1.807) is 0 Å². The van der Waals surface area contributed by atoms with Crippen LogP contribution < -0.4 is 9.47 Å². The number of nitro benzene ring substituents is 1. The number of rotatable bonds is 4. The highest BCUT2D eigenvalue weighted by Gasteiger charge is 2.21. The second-order valence-electron chi connectivity index (χ2n) is 5.57. The molecule has 0 saturated heterocycles. The summed E-state index contributed by atoms with van der Waals surface area (Å²) in [5.41, 5.74) is 3.54. The van der Waals surface area contributed by atoms with Gasteiger partial charge in [-0.2, -0.15) is 0 Å². The molecule has 1 aliphatic rings. The van der Waals surface area contributed by atoms with E-state index in [0.29, 0.717) is 23.5 Å². The summed E-state index contributed by atoms with van der Waals surface area (Å²) in [6.07, 6.45) is 0. The summed E-state index contributed by atoms with van der Waals surface area (Å²) in [4.78, 5) is 10.7. The quantitative estimate of drug-likeness (QED) is 0.636. The molecule has 0 saturated carbocycles. The number of ether oxygens (including phenoxy) is 3. The lowest BCUT2D eigenvalue weighted by atomic mass is 10.1. The second kappa shape index (κ2) is 6.26. The van der Waals surface area contributed by atoms with Crippen LogP contribution in [0.25, 0.3) is 0 Å². The molecule has 3 rings (SSSR count). The molecule has 0 unspecified atom stereocenters. The van der Waals surface area contributed by atoms with Crippen LogP contribution in [0.3, 0.4) is 0 Å². The van der Waals surface area contributed by atoms with Crippen molar-refractivity contribution in [1.29, 1.82) is 0 Å². The van der Waals surface area contributed by atoms with Crippen molar-refractivity contribution in [2.45, 2.75) is 27.1 Å². The summed E-state index contributed by atoms with van der Waals surface area (Å²) in [6.45, 7) is 4.63. The van der Waals surface area contributed by atoms with Gasteiger partial charge in [-0.1, -0.05) is 6.07 Å². The first kappa shape index (κ1) is 15.3. The lowest BCUT2D eigenvalue weighted by Gasteiger charge is -2.20. The van der Waals surface area contributed by atoms with Crippen molar-refractivity contribution >= 4 is 5.69 Å². The largest absolute Gasteiger partial charge is 0.489 e. The third kappa shape index (κ3) is 3.43. The number of aryl methyl sites for hydroxylation is 2. The molecule has 1 aliphatic heterocycles. The smallest absolute Gasteiger partial charge is 0.270 e. The molecule has 6 nitrogen and oxygen atoms in total. The Morgan fingerprint density at radius 3 is 2.61 bits per heavy atom. The van der Waals surface area contributed by atoms with Crippen molar-refractivity contribution in [3.63, 3.8) is 0 Å². The SMILES string of the molecule is Cc1cc(C)cc(OCc2cc([N+](=O)[O-])cc3c2OCOC3)c1. The Bertz CT molecular complexity index is 737. The van der Waals surface area contributed by atoms with Gasteiger partial charge >= 0.3 is 0 Å². The molecule has 0 radical (unpaired) electrons. The predicted octanol–water partition coefficient (Wildman–Crippen LogP) is 3.66. The van der Waals surface area contributed by atoms with Crippen LogP contribution in [0.2, 0.25) is 0 Å². The monoisotopic (exact) mass is 315 g/mol. The zero-order valence-electron chi connectivity index (χ0n) is 13.0. The molecule has 6 heteroatoms. The third-order valence-corrected chi connectivity index (χ3v) is 3.57. The van der Waals surface area contributed by atoms with E-state index < -0.39 is 4.92 Å². The van der Waals surface area contributed by atoms with E-state index in [2.05, 4.69) is 6.07 Å². The van der Waals surface area contributed by atoms with Gasteiger partial charge < -0.3 is 14.2 Å². The average molecular weight is 315 g/mol. The van der Waals surface area contributed by atoms with Gasteiger partial charge in [0.1, 0.15) is 18.1 Å². The number of hydrogen-bond donors (Lipinski definition) is 0. The third-order valence-electron chi connectivity index (χ3n) is 3.57. The lowest BCUT2D eigenvalue weighted by molar-refractivity contribution is -0.385. The Morgan fingerprint density at radius 1 is 1.17 bits per heavy atom. The molecule has 120 valence electrons. The van der Waals surface area contributed by atoms with Crippen LogP contribution in [0, 0.1) is 24.0 Å². The summed E-state index contributed by atoms with van der Waals surface area (Å²) in [7, 11) is 0. The maximum Gasteiger partial charge on any atom is 0.270 e. The fraction of sp³-hybridized carbons (Fsp3) is 0.294. The Balaban J connectivity index is 1.89. The van der Waals surface area contributed by atoms with Crippen LogP contribution in [0.5, 0.6) is 11.5 Å². The van der Waals surface area contributed by atoms with Crippen molar-refractivity contribution in [3.05, 3.63) is 62.7 Å². The molecule has 0 atom stereocenters. The molecule has 0 spiro atoms. The first-order chi connectivity index (χ1) is 11.0. The topological polar surface area (TPSA) is 70.8 Å². The summed E-state index contributed by atoms with van der Waals surface area (Å²) < 4.78 is 16.5. The summed E-state index contributed by atoms with van der Waals surface area (Å²) in [6, 6.07) is 8.89. The fourth-order valence-electron chi connectivity index (χ4n) is 2.67. The maximum absolute atomic E-state index is 11.1. The minimum atomic E-state index is -0.421. The molecule has 2 aromatic carbocycles. The predicted molar refractivity (Wildman–Crippen MR) is 83.6 cm³/mol. The minimum absolute atomic E-state index is 0.0110. The lowest BCUT2D eigenvalue weighted by Crippen LogP contribution is -2.14. The number of benzene rings is 2. The number of nitro groups is 1. The van der Waals surface area contributed by atoms with Gasteiger partial charge in [-0.15, -0.1) is 0 Å². The van der Waals surface area contributed by atoms with Crippen molar-refractivity contribution in [3.8, 4) is 11.5 Å². The van der Waals surface area contributed by atoms with Crippen molar-refractivity contribution < 1.29 is 19.1 Å². The van der Waals surface area contributed by atoms with Gasteiger partial charge in [0, 0.05) is 23.3 Å². The molecule has 0 N–H and O–H groups in total. The van der Waals surface area contributed by atoms with Crippen molar-refractivity contribution in [2.75, 3.05) is 6.79 Å². The Kier molecular flexibility index (Phi) is 4.16. The molecular weight excluding hydrogens is 298 g/mol. The molecule has 0 amide bonds. The number of hydrogen-bond acceptors (Lipinski definition) is 5. The van der Waals surface area contributed by atoms with Gasteiger partial charge in [-0.25, -0.2) is 0 Å². The van der Waals surface area contributed by atoms with E-state index in [1.165, 1.54) is 12.1 Å². The Morgan fingerprint density at radius 2 is 1.91 bits per heavy atom. The summed E-state index contributed by atoms with van der Waals surface area (Å²) in [5, 5.41) is 11.1. The fourth-order valence-corrected chi connectivity index (χ4v) is 2.67. The molecule has 23 heavy (non-hydrogen) atoms. The molecule has 0 aliphatic carbocycles. The highest BCUT2D eigenvalue weighted by atomic mass is 16.7. The van der Waals surface area contributed by atoms with Crippen LogP contribution in [0.15, 0.2) is 30.3 Å². The molecule has 0 fully saturated rings. The molecule has 1 heterocycles. The summed E-state index contributed by atoms with van der Waals surface area (Å²) in [5.74, 6) is 1.35. The van der Waals surface area contributed by atoms with E-state index >= 15 is 0 Å². The minimum Gasteiger partial charge on any atom is -0.489 e. The second-order valence-corrected chi connectivity index (χ2v) is 5.57. The van der Waals surface area contributed by atoms with Crippen LogP contribution in [-0.4, -0.2) is 11.7 Å². The van der Waals surface area contributed by atoms with Gasteiger partial charge in [0.05, 0.1) is 11.5 Å². The van der Waals surface area contributed by atoms with Crippen molar-refractivity contribution in [1.82, 2.24) is 0 Å². The van der Waals surface area contributed by atoms with E-state index in [9.17, 15) is 10.1 Å². The molecule has 0 aromatic heterocycles. The van der Waals surface area contributed by atoms with E-state index in [-0.39, 0.29) is 19.1 Å². The van der Waals surface area contributed by atoms with Crippen molar-refractivity contribution in [2.24, 2.45) is 0 Å². The number of fused-ring (bicyclic) bond motifs is 1. The van der Waals surface area contributed by atoms with Gasteiger partial charge in [0.2, 0.25) is 0 Å². The van der Waals surface area contributed by atoms with E-state index in [0.717, 1.165) is 16.9 Å². The van der Waals surface area contributed by atoms with Gasteiger partial charge in [-0.05, 0) is 37.1 Å². The molecule has 0 bridgehead atoms. The molecule has 2 aromatic rings. The van der Waals surface area contributed by atoms with Gasteiger partial charge in [0.15, 0.2) is 6.79 Å². The van der Waals surface area contributed by atoms with Crippen LogP contribution in [-0.2, 0) is 18.0 Å². The summed E-state index contributed by atoms with van der Waals surface area (Å²) >= 11 is 0. The Labute approximate surface area is 133 Å². The standard InChI is InChI=1S/C17H17NO5/c1-11-3-12(2)5-16(4-11)22-9-14-7-15(18(19)20)6-13-8-21-10-23-17(13)14/h3-7H,8-10H2,1-2H3. The highest BCUT2D eigenvalue weighted by Crippen LogP contribution is 2.33. The van der Waals surface area contributed by atoms with Crippen LogP contribution in [0.4, 0.5) is 5.69 Å². The van der Waals surface area contributed by atoms with E-state index in [1.807, 2.05) is 26.0 Å². The maximum atomic E-state index is 11.1. The zero-order chi connectivity index (χ0) is 16.4. The average Bonchev–Trinajstić information content (AvgIpc) is 2.51. The Hall–Kier alpha value is -2.60.